The third kappa shape index (κ3) is 3.17. The second-order valence-electron chi connectivity index (χ2n) is 3.85. The van der Waals surface area contributed by atoms with E-state index in [-0.39, 0.29) is 6.54 Å². The van der Waals surface area contributed by atoms with Crippen molar-refractivity contribution in [3.8, 4) is 0 Å². The highest BCUT2D eigenvalue weighted by atomic mass is 16.4. The van der Waals surface area contributed by atoms with E-state index in [1.807, 2.05) is 18.2 Å². The van der Waals surface area contributed by atoms with Crippen molar-refractivity contribution in [3.63, 3.8) is 0 Å². The summed E-state index contributed by atoms with van der Waals surface area (Å²) in [5, 5.41) is 8.75. The molecule has 1 N–H and O–H groups in total. The number of hydrogen-bond acceptors (Lipinski definition) is 2. The predicted molar refractivity (Wildman–Crippen MR) is 63.7 cm³/mol. The molecule has 0 bridgehead atoms. The Labute approximate surface area is 99.5 Å². The largest absolute Gasteiger partial charge is 0.480 e. The molecule has 2 aromatic rings. The summed E-state index contributed by atoms with van der Waals surface area (Å²) in [6, 6.07) is 10.1. The number of imidazole rings is 1. The third-order valence-corrected chi connectivity index (χ3v) is 2.59. The van der Waals surface area contributed by atoms with E-state index in [4.69, 9.17) is 5.11 Å². The number of aliphatic carboxylic acids is 1. The van der Waals surface area contributed by atoms with E-state index in [0.29, 0.717) is 0 Å². The van der Waals surface area contributed by atoms with Crippen molar-refractivity contribution in [2.24, 2.45) is 0 Å². The summed E-state index contributed by atoms with van der Waals surface area (Å²) in [7, 11) is 0. The first kappa shape index (κ1) is 11.4. The molecule has 1 aromatic heterocycles. The Morgan fingerprint density at radius 1 is 1.24 bits per heavy atom. The number of aryl methyl sites for hydroxylation is 2. The van der Waals surface area contributed by atoms with Crippen molar-refractivity contribution < 1.29 is 9.90 Å². The molecule has 0 aliphatic rings. The maximum Gasteiger partial charge on any atom is 0.323 e. The van der Waals surface area contributed by atoms with Crippen LogP contribution in [0, 0.1) is 0 Å². The standard InChI is InChI=1S/C13H14N2O2/c16-13(17)10-15-9-8-14-12(15)7-6-11-4-2-1-3-5-11/h1-5,8-9H,6-7,10H2,(H,16,17). The Kier molecular flexibility index (Phi) is 3.55. The van der Waals surface area contributed by atoms with Crippen molar-refractivity contribution >= 4 is 5.97 Å². The Morgan fingerprint density at radius 2 is 2.00 bits per heavy atom. The molecule has 0 saturated carbocycles. The smallest absolute Gasteiger partial charge is 0.323 e. The highest BCUT2D eigenvalue weighted by Gasteiger charge is 2.06. The quantitative estimate of drug-likeness (QED) is 0.851. The van der Waals surface area contributed by atoms with Crippen molar-refractivity contribution in [2.45, 2.75) is 19.4 Å². The summed E-state index contributed by atoms with van der Waals surface area (Å²) >= 11 is 0. The molecule has 0 spiro atoms. The van der Waals surface area contributed by atoms with Crippen LogP contribution in [-0.4, -0.2) is 20.6 Å². The van der Waals surface area contributed by atoms with Gasteiger partial charge in [-0.25, -0.2) is 4.98 Å². The fraction of sp³-hybridized carbons (Fsp3) is 0.231. The molecule has 4 heteroatoms. The lowest BCUT2D eigenvalue weighted by molar-refractivity contribution is -0.137. The topological polar surface area (TPSA) is 55.1 Å². The zero-order valence-electron chi connectivity index (χ0n) is 9.41. The molecule has 0 radical (unpaired) electrons. The molecular formula is C13H14N2O2. The van der Waals surface area contributed by atoms with Gasteiger partial charge in [0.05, 0.1) is 0 Å². The van der Waals surface area contributed by atoms with Gasteiger partial charge in [-0.15, -0.1) is 0 Å². The number of aromatic nitrogens is 2. The Balaban J connectivity index is 2.00. The zero-order valence-corrected chi connectivity index (χ0v) is 9.41. The summed E-state index contributed by atoms with van der Waals surface area (Å²) in [5.74, 6) is -0.0276. The minimum Gasteiger partial charge on any atom is -0.480 e. The number of carbonyl (C=O) groups is 1. The molecule has 88 valence electrons. The molecule has 0 saturated heterocycles. The molecule has 17 heavy (non-hydrogen) atoms. The van der Waals surface area contributed by atoms with Crippen LogP contribution in [-0.2, 0) is 24.2 Å². The van der Waals surface area contributed by atoms with Crippen molar-refractivity contribution in [3.05, 3.63) is 54.1 Å². The molecule has 0 aliphatic carbocycles. The summed E-state index contributed by atoms with van der Waals surface area (Å²) in [5.41, 5.74) is 1.23. The van der Waals surface area contributed by atoms with Crippen LogP contribution in [0.15, 0.2) is 42.7 Å². The average Bonchev–Trinajstić information content (AvgIpc) is 2.74. The fourth-order valence-electron chi connectivity index (χ4n) is 1.76. The predicted octanol–water partition coefficient (Wildman–Crippen LogP) is 1.75. The minimum absolute atomic E-state index is 0.0237. The van der Waals surface area contributed by atoms with Gasteiger partial charge in [-0.05, 0) is 12.0 Å². The number of rotatable bonds is 5. The van der Waals surface area contributed by atoms with Crippen LogP contribution in [0.25, 0.3) is 0 Å². The first-order chi connectivity index (χ1) is 8.25. The highest BCUT2D eigenvalue weighted by Crippen LogP contribution is 2.06. The van der Waals surface area contributed by atoms with E-state index >= 15 is 0 Å². The number of carboxylic acid groups (broad SMARTS) is 1. The monoisotopic (exact) mass is 230 g/mol. The molecule has 2 rings (SSSR count). The first-order valence-electron chi connectivity index (χ1n) is 5.51. The highest BCUT2D eigenvalue weighted by molar-refractivity contribution is 5.66. The van der Waals surface area contributed by atoms with Crippen LogP contribution in [0.4, 0.5) is 0 Å². The van der Waals surface area contributed by atoms with Crippen LogP contribution in [0.5, 0.6) is 0 Å². The SMILES string of the molecule is O=C(O)Cn1ccnc1CCc1ccccc1. The normalized spacial score (nSPS) is 10.4. The lowest BCUT2D eigenvalue weighted by Gasteiger charge is -2.04. The van der Waals surface area contributed by atoms with E-state index in [1.54, 1.807) is 17.0 Å². The molecule has 1 heterocycles. The van der Waals surface area contributed by atoms with Crippen LogP contribution in [0.2, 0.25) is 0 Å². The summed E-state index contributed by atoms with van der Waals surface area (Å²) in [6.07, 6.45) is 4.97. The Bertz CT molecular complexity index is 491. The number of nitrogens with zero attached hydrogens (tertiary/aromatic N) is 2. The van der Waals surface area contributed by atoms with Gasteiger partial charge >= 0.3 is 5.97 Å². The van der Waals surface area contributed by atoms with Crippen molar-refractivity contribution in [1.82, 2.24) is 9.55 Å². The van der Waals surface area contributed by atoms with Gasteiger partial charge in [0, 0.05) is 18.8 Å². The molecule has 0 aliphatic heterocycles. The Morgan fingerprint density at radius 3 is 2.71 bits per heavy atom. The van der Waals surface area contributed by atoms with Crippen molar-refractivity contribution in [1.29, 1.82) is 0 Å². The van der Waals surface area contributed by atoms with Gasteiger partial charge < -0.3 is 9.67 Å². The molecule has 0 amide bonds. The molecular weight excluding hydrogens is 216 g/mol. The maximum absolute atomic E-state index is 10.6. The van der Waals surface area contributed by atoms with Crippen LogP contribution < -0.4 is 0 Å². The van der Waals surface area contributed by atoms with Gasteiger partial charge in [0.15, 0.2) is 0 Å². The summed E-state index contributed by atoms with van der Waals surface area (Å²) in [4.78, 5) is 14.8. The van der Waals surface area contributed by atoms with Crippen LogP contribution in [0.1, 0.15) is 11.4 Å². The van der Waals surface area contributed by atoms with Crippen LogP contribution >= 0.6 is 0 Å². The summed E-state index contributed by atoms with van der Waals surface area (Å²) in [6.45, 7) is -0.0237. The minimum atomic E-state index is -0.844. The maximum atomic E-state index is 10.6. The Hall–Kier alpha value is -2.10. The lowest BCUT2D eigenvalue weighted by Crippen LogP contribution is -2.11. The zero-order chi connectivity index (χ0) is 12.1. The fourth-order valence-corrected chi connectivity index (χ4v) is 1.76. The summed E-state index contributed by atoms with van der Waals surface area (Å²) < 4.78 is 1.67. The second kappa shape index (κ2) is 5.30. The van der Waals surface area contributed by atoms with E-state index < -0.39 is 5.97 Å². The van der Waals surface area contributed by atoms with Crippen LogP contribution in [0.3, 0.4) is 0 Å². The van der Waals surface area contributed by atoms with Gasteiger partial charge in [-0.3, -0.25) is 4.79 Å². The molecule has 0 atom stereocenters. The number of benzene rings is 1. The van der Waals surface area contributed by atoms with Gasteiger partial charge in [0.25, 0.3) is 0 Å². The van der Waals surface area contributed by atoms with Gasteiger partial charge in [-0.1, -0.05) is 30.3 Å². The third-order valence-electron chi connectivity index (χ3n) is 2.59. The van der Waals surface area contributed by atoms with E-state index in [9.17, 15) is 4.79 Å². The molecule has 0 unspecified atom stereocenters. The van der Waals surface area contributed by atoms with Gasteiger partial charge in [-0.2, -0.15) is 0 Å². The number of carboxylic acids is 1. The van der Waals surface area contributed by atoms with Crippen molar-refractivity contribution in [2.75, 3.05) is 0 Å². The van der Waals surface area contributed by atoms with E-state index in [2.05, 4.69) is 17.1 Å². The molecule has 1 aromatic carbocycles. The van der Waals surface area contributed by atoms with E-state index in [0.717, 1.165) is 18.7 Å². The first-order valence-corrected chi connectivity index (χ1v) is 5.51. The average molecular weight is 230 g/mol. The molecule has 0 fully saturated rings. The molecule has 4 nitrogen and oxygen atoms in total. The second-order valence-corrected chi connectivity index (χ2v) is 3.85. The van der Waals surface area contributed by atoms with Gasteiger partial charge in [0.2, 0.25) is 0 Å². The van der Waals surface area contributed by atoms with Gasteiger partial charge in [0.1, 0.15) is 12.4 Å². The lowest BCUT2D eigenvalue weighted by atomic mass is 10.1. The van der Waals surface area contributed by atoms with E-state index in [1.165, 1.54) is 5.56 Å². The number of hydrogen-bond donors (Lipinski definition) is 1.